The molecule has 0 aromatic heterocycles. The summed E-state index contributed by atoms with van der Waals surface area (Å²) in [6.07, 6.45) is 0.235. The molecule has 0 radical (unpaired) electrons. The zero-order valence-electron chi connectivity index (χ0n) is 11.4. The maximum atomic E-state index is 12.6. The SMILES string of the molecule is O=C1CCC(N2C(=O)c3cccc(CNCl)c3C2=O)C(=O)N1. The average molecular weight is 322 g/mol. The summed E-state index contributed by atoms with van der Waals surface area (Å²) in [5.41, 5.74) is 1.09. The number of hydrogen-bond acceptors (Lipinski definition) is 5. The number of carbonyl (C=O) groups excluding carboxylic acids is 4. The van der Waals surface area contributed by atoms with E-state index in [2.05, 4.69) is 10.2 Å². The van der Waals surface area contributed by atoms with E-state index in [1.165, 1.54) is 0 Å². The summed E-state index contributed by atoms with van der Waals surface area (Å²) in [6, 6.07) is 3.93. The molecule has 22 heavy (non-hydrogen) atoms. The molecule has 7 nitrogen and oxygen atoms in total. The van der Waals surface area contributed by atoms with Gasteiger partial charge in [-0.2, -0.15) is 0 Å². The highest BCUT2D eigenvalue weighted by Gasteiger charge is 2.45. The Morgan fingerprint density at radius 3 is 2.68 bits per heavy atom. The van der Waals surface area contributed by atoms with Crippen molar-refractivity contribution >= 4 is 35.4 Å². The van der Waals surface area contributed by atoms with Crippen molar-refractivity contribution in [3.05, 3.63) is 34.9 Å². The number of carbonyl (C=O) groups is 4. The van der Waals surface area contributed by atoms with Gasteiger partial charge >= 0.3 is 0 Å². The Morgan fingerprint density at radius 1 is 1.23 bits per heavy atom. The minimum Gasteiger partial charge on any atom is -0.295 e. The molecule has 114 valence electrons. The molecule has 8 heteroatoms. The number of amides is 4. The molecule has 0 spiro atoms. The zero-order valence-corrected chi connectivity index (χ0v) is 12.1. The van der Waals surface area contributed by atoms with Crippen LogP contribution in [0, 0.1) is 0 Å². The van der Waals surface area contributed by atoms with Crippen molar-refractivity contribution < 1.29 is 19.2 Å². The number of hydrogen-bond donors (Lipinski definition) is 2. The lowest BCUT2D eigenvalue weighted by atomic mass is 10.0. The smallest absolute Gasteiger partial charge is 0.262 e. The maximum Gasteiger partial charge on any atom is 0.262 e. The summed E-state index contributed by atoms with van der Waals surface area (Å²) in [5.74, 6) is -2.07. The van der Waals surface area contributed by atoms with Gasteiger partial charge < -0.3 is 0 Å². The van der Waals surface area contributed by atoms with E-state index in [1.807, 2.05) is 0 Å². The van der Waals surface area contributed by atoms with Gasteiger partial charge in [0.25, 0.3) is 11.8 Å². The lowest BCUT2D eigenvalue weighted by Gasteiger charge is -2.27. The minimum atomic E-state index is -0.957. The van der Waals surface area contributed by atoms with E-state index in [-0.39, 0.29) is 30.5 Å². The summed E-state index contributed by atoms with van der Waals surface area (Å²) < 4.78 is 0. The third-order valence-electron chi connectivity index (χ3n) is 3.81. The molecule has 0 saturated carbocycles. The van der Waals surface area contributed by atoms with Crippen LogP contribution >= 0.6 is 11.8 Å². The van der Waals surface area contributed by atoms with Crippen LogP contribution in [0.3, 0.4) is 0 Å². The second kappa shape index (κ2) is 5.51. The molecule has 1 unspecified atom stereocenters. The van der Waals surface area contributed by atoms with E-state index < -0.39 is 29.7 Å². The summed E-state index contributed by atoms with van der Waals surface area (Å²) in [5, 5.41) is 2.16. The highest BCUT2D eigenvalue weighted by atomic mass is 35.5. The molecule has 2 aliphatic heterocycles. The molecular formula is C14H12ClN3O4. The molecule has 1 atom stereocenters. The zero-order chi connectivity index (χ0) is 15.9. The molecule has 1 aromatic rings. The third-order valence-corrected chi connectivity index (χ3v) is 3.95. The van der Waals surface area contributed by atoms with Crippen molar-refractivity contribution in [3.63, 3.8) is 0 Å². The molecule has 2 N–H and O–H groups in total. The van der Waals surface area contributed by atoms with Crippen molar-refractivity contribution in [1.29, 1.82) is 0 Å². The second-order valence-corrected chi connectivity index (χ2v) is 5.36. The number of nitrogens with zero attached hydrogens (tertiary/aromatic N) is 1. The summed E-state index contributed by atoms with van der Waals surface area (Å²) in [4.78, 5) is 51.6. The number of piperidine rings is 1. The molecule has 0 aliphatic carbocycles. The van der Waals surface area contributed by atoms with Crippen molar-refractivity contribution in [1.82, 2.24) is 15.1 Å². The first-order chi connectivity index (χ1) is 10.5. The van der Waals surface area contributed by atoms with E-state index in [4.69, 9.17) is 11.8 Å². The highest BCUT2D eigenvalue weighted by Crippen LogP contribution is 2.29. The number of benzene rings is 1. The van der Waals surface area contributed by atoms with Gasteiger partial charge in [-0.1, -0.05) is 12.1 Å². The fraction of sp³-hybridized carbons (Fsp3) is 0.286. The van der Waals surface area contributed by atoms with E-state index in [0.717, 1.165) is 4.90 Å². The van der Waals surface area contributed by atoms with E-state index in [0.29, 0.717) is 5.56 Å². The summed E-state index contributed by atoms with van der Waals surface area (Å²) in [7, 11) is 0. The van der Waals surface area contributed by atoms with Crippen LogP contribution in [0.5, 0.6) is 0 Å². The molecule has 2 heterocycles. The standard InChI is InChI=1S/C14H12ClN3O4/c15-16-6-7-2-1-3-8-11(7)14(22)18(13(8)21)9-4-5-10(19)17-12(9)20/h1-3,9,16H,4-6H2,(H,17,19,20). The molecular weight excluding hydrogens is 310 g/mol. The number of rotatable bonds is 3. The molecule has 3 rings (SSSR count). The first-order valence-corrected chi connectivity index (χ1v) is 7.09. The largest absolute Gasteiger partial charge is 0.295 e. The van der Waals surface area contributed by atoms with Crippen LogP contribution in [0.4, 0.5) is 0 Å². The van der Waals surface area contributed by atoms with Gasteiger partial charge in [0.2, 0.25) is 11.8 Å². The van der Waals surface area contributed by atoms with Crippen molar-refractivity contribution in [3.8, 4) is 0 Å². The fourth-order valence-corrected chi connectivity index (χ4v) is 2.95. The maximum absolute atomic E-state index is 12.6. The van der Waals surface area contributed by atoms with Gasteiger partial charge in [0.05, 0.1) is 11.1 Å². The minimum absolute atomic E-state index is 0.0971. The van der Waals surface area contributed by atoms with Gasteiger partial charge in [-0.05, 0) is 29.8 Å². The first-order valence-electron chi connectivity index (χ1n) is 6.71. The Bertz CT molecular complexity index is 703. The van der Waals surface area contributed by atoms with Crippen LogP contribution < -0.4 is 10.2 Å². The second-order valence-electron chi connectivity index (χ2n) is 5.10. The Kier molecular flexibility index (Phi) is 3.67. The first kappa shape index (κ1) is 14.7. The third kappa shape index (κ3) is 2.18. The Balaban J connectivity index is 1.98. The lowest BCUT2D eigenvalue weighted by Crippen LogP contribution is -2.54. The van der Waals surface area contributed by atoms with Gasteiger partial charge in [0.15, 0.2) is 0 Å². The number of imide groups is 2. The molecule has 1 saturated heterocycles. The van der Waals surface area contributed by atoms with E-state index >= 15 is 0 Å². The summed E-state index contributed by atoms with van der Waals surface area (Å²) >= 11 is 5.48. The van der Waals surface area contributed by atoms with Crippen molar-refractivity contribution in [2.45, 2.75) is 25.4 Å². The molecule has 1 aromatic carbocycles. The Labute approximate surface area is 130 Å². The predicted molar refractivity (Wildman–Crippen MR) is 75.8 cm³/mol. The molecule has 1 fully saturated rings. The normalized spacial score (nSPS) is 21.1. The Hall–Kier alpha value is -2.25. The quantitative estimate of drug-likeness (QED) is 0.618. The van der Waals surface area contributed by atoms with Crippen LogP contribution in [-0.4, -0.2) is 34.6 Å². The van der Waals surface area contributed by atoms with Crippen molar-refractivity contribution in [2.24, 2.45) is 0 Å². The van der Waals surface area contributed by atoms with Gasteiger partial charge in [0, 0.05) is 13.0 Å². The predicted octanol–water partition coefficient (Wildman–Crippen LogP) is 0.331. The lowest BCUT2D eigenvalue weighted by molar-refractivity contribution is -0.136. The monoisotopic (exact) mass is 321 g/mol. The number of nitrogens with one attached hydrogen (secondary N) is 2. The van der Waals surface area contributed by atoms with Gasteiger partial charge in [-0.3, -0.25) is 29.4 Å². The van der Waals surface area contributed by atoms with Crippen LogP contribution in [-0.2, 0) is 16.1 Å². The fourth-order valence-electron chi connectivity index (χ4n) is 2.80. The molecule has 0 bridgehead atoms. The summed E-state index contributed by atoms with van der Waals surface area (Å²) in [6.45, 7) is 0.215. The molecule has 4 amide bonds. The molecule has 2 aliphatic rings. The van der Waals surface area contributed by atoms with Crippen LogP contribution in [0.1, 0.15) is 39.1 Å². The van der Waals surface area contributed by atoms with Crippen LogP contribution in [0.2, 0.25) is 0 Å². The van der Waals surface area contributed by atoms with E-state index in [9.17, 15) is 19.2 Å². The van der Waals surface area contributed by atoms with Crippen LogP contribution in [0.25, 0.3) is 0 Å². The average Bonchev–Trinajstić information content (AvgIpc) is 2.73. The van der Waals surface area contributed by atoms with Crippen LogP contribution in [0.15, 0.2) is 18.2 Å². The van der Waals surface area contributed by atoms with Gasteiger partial charge in [-0.15, -0.1) is 0 Å². The van der Waals surface area contributed by atoms with Crippen molar-refractivity contribution in [2.75, 3.05) is 0 Å². The van der Waals surface area contributed by atoms with E-state index in [1.54, 1.807) is 18.2 Å². The van der Waals surface area contributed by atoms with Gasteiger partial charge in [0.1, 0.15) is 6.04 Å². The number of halogens is 1. The van der Waals surface area contributed by atoms with Gasteiger partial charge in [-0.25, -0.2) is 4.84 Å². The Morgan fingerprint density at radius 2 is 2.00 bits per heavy atom. The topological polar surface area (TPSA) is 95.6 Å². The highest BCUT2D eigenvalue weighted by molar-refractivity contribution is 6.24. The number of fused-ring (bicyclic) bond motifs is 1.